The lowest BCUT2D eigenvalue weighted by Gasteiger charge is -2.32. The van der Waals surface area contributed by atoms with E-state index >= 15 is 0 Å². The summed E-state index contributed by atoms with van der Waals surface area (Å²) in [6.07, 6.45) is 4.11. The molecule has 2 amide bonds. The number of carbonyl (C=O) groups is 3. The first-order valence-corrected chi connectivity index (χ1v) is 10.6. The molecule has 0 saturated carbocycles. The molecular weight excluding hydrogens is 400 g/mol. The minimum absolute atomic E-state index is 0.0977. The van der Waals surface area contributed by atoms with E-state index in [0.29, 0.717) is 17.9 Å². The highest BCUT2D eigenvalue weighted by atomic mass is 16.5. The lowest BCUT2D eigenvalue weighted by Crippen LogP contribution is -2.44. The number of fused-ring (bicyclic) bond motifs is 1. The smallest absolute Gasteiger partial charge is 0.310 e. The second kappa shape index (κ2) is 9.96. The Morgan fingerprint density at radius 2 is 1.90 bits per heavy atom. The number of hydrogen-bond acceptors (Lipinski definition) is 6. The second-order valence-corrected chi connectivity index (χ2v) is 7.90. The van der Waals surface area contributed by atoms with Crippen LogP contribution < -0.4 is 10.1 Å². The highest BCUT2D eigenvalue weighted by Crippen LogP contribution is 2.44. The van der Waals surface area contributed by atoms with Crippen LogP contribution in [0.3, 0.4) is 0 Å². The second-order valence-electron chi connectivity index (χ2n) is 7.90. The molecule has 1 saturated heterocycles. The van der Waals surface area contributed by atoms with Gasteiger partial charge in [-0.15, -0.1) is 0 Å². The number of ether oxygens (including phenoxy) is 2. The zero-order chi connectivity index (χ0) is 22.5. The number of esters is 1. The quantitative estimate of drug-likeness (QED) is 0.482. The number of allylic oxidation sites excluding steroid dienone is 1. The molecule has 1 aliphatic carbocycles. The first-order chi connectivity index (χ1) is 14.9. The van der Waals surface area contributed by atoms with Crippen LogP contribution in [-0.4, -0.2) is 60.7 Å². The number of amides is 2. The summed E-state index contributed by atoms with van der Waals surface area (Å²) in [5, 5.41) is 12.2. The van der Waals surface area contributed by atoms with Gasteiger partial charge in [0.05, 0.1) is 25.6 Å². The van der Waals surface area contributed by atoms with Crippen LogP contribution >= 0.6 is 0 Å². The SMILES string of the molecule is CCOC(=O)[C@H]1[C@@H]2C(=O)N(CCCO)[C@H](C(=O)Nc3ccc(OC)cc3)[C@H]2C=C[C@H]1C. The van der Waals surface area contributed by atoms with Crippen molar-refractivity contribution in [1.29, 1.82) is 0 Å². The van der Waals surface area contributed by atoms with E-state index in [-0.39, 0.29) is 37.5 Å². The molecule has 168 valence electrons. The molecule has 5 atom stereocenters. The van der Waals surface area contributed by atoms with Gasteiger partial charge in [-0.25, -0.2) is 0 Å². The number of methoxy groups -OCH3 is 1. The van der Waals surface area contributed by atoms with Crippen molar-refractivity contribution in [2.75, 3.05) is 32.2 Å². The van der Waals surface area contributed by atoms with E-state index in [1.807, 2.05) is 19.1 Å². The Kier molecular flexibility index (Phi) is 7.33. The van der Waals surface area contributed by atoms with Crippen LogP contribution in [0.1, 0.15) is 20.3 Å². The van der Waals surface area contributed by atoms with E-state index in [9.17, 15) is 19.5 Å². The van der Waals surface area contributed by atoms with Crippen molar-refractivity contribution in [2.45, 2.75) is 26.3 Å². The third-order valence-electron chi connectivity index (χ3n) is 6.02. The monoisotopic (exact) mass is 430 g/mol. The zero-order valence-electron chi connectivity index (χ0n) is 18.1. The van der Waals surface area contributed by atoms with Gasteiger partial charge >= 0.3 is 5.97 Å². The van der Waals surface area contributed by atoms with Crippen molar-refractivity contribution in [3.05, 3.63) is 36.4 Å². The maximum Gasteiger partial charge on any atom is 0.310 e. The highest BCUT2D eigenvalue weighted by Gasteiger charge is 2.56. The van der Waals surface area contributed by atoms with Gasteiger partial charge in [0.25, 0.3) is 0 Å². The molecule has 0 spiro atoms. The molecule has 1 aromatic carbocycles. The lowest BCUT2D eigenvalue weighted by molar-refractivity contribution is -0.155. The summed E-state index contributed by atoms with van der Waals surface area (Å²) >= 11 is 0. The summed E-state index contributed by atoms with van der Waals surface area (Å²) < 4.78 is 10.4. The Balaban J connectivity index is 1.90. The Bertz CT molecular complexity index is 837. The van der Waals surface area contributed by atoms with Crippen LogP contribution in [-0.2, 0) is 19.1 Å². The molecule has 2 aliphatic rings. The average Bonchev–Trinajstić information content (AvgIpc) is 3.04. The van der Waals surface area contributed by atoms with Gasteiger partial charge in [-0.05, 0) is 43.5 Å². The zero-order valence-corrected chi connectivity index (χ0v) is 18.1. The summed E-state index contributed by atoms with van der Waals surface area (Å²) in [7, 11) is 1.56. The van der Waals surface area contributed by atoms with Crippen molar-refractivity contribution in [1.82, 2.24) is 4.90 Å². The van der Waals surface area contributed by atoms with Gasteiger partial charge in [0.15, 0.2) is 0 Å². The Morgan fingerprint density at radius 3 is 2.52 bits per heavy atom. The number of carbonyl (C=O) groups excluding carboxylic acids is 3. The van der Waals surface area contributed by atoms with E-state index in [2.05, 4.69) is 5.32 Å². The molecule has 1 aromatic rings. The van der Waals surface area contributed by atoms with Crippen LogP contribution in [0.4, 0.5) is 5.69 Å². The number of aliphatic hydroxyl groups is 1. The maximum absolute atomic E-state index is 13.4. The van der Waals surface area contributed by atoms with Crippen molar-refractivity contribution >= 4 is 23.5 Å². The minimum atomic E-state index is -0.771. The number of likely N-dealkylation sites (tertiary alicyclic amines) is 1. The molecule has 1 heterocycles. The van der Waals surface area contributed by atoms with E-state index < -0.39 is 29.8 Å². The van der Waals surface area contributed by atoms with Crippen LogP contribution in [0.25, 0.3) is 0 Å². The lowest BCUT2D eigenvalue weighted by atomic mass is 9.70. The summed E-state index contributed by atoms with van der Waals surface area (Å²) in [6.45, 7) is 3.98. The third kappa shape index (κ3) is 4.58. The van der Waals surface area contributed by atoms with Gasteiger partial charge in [0.2, 0.25) is 11.8 Å². The topological polar surface area (TPSA) is 105 Å². The highest BCUT2D eigenvalue weighted by molar-refractivity contribution is 6.01. The first kappa shape index (κ1) is 22.8. The van der Waals surface area contributed by atoms with Crippen molar-refractivity contribution in [3.63, 3.8) is 0 Å². The van der Waals surface area contributed by atoms with Gasteiger partial charge in [-0.1, -0.05) is 19.1 Å². The van der Waals surface area contributed by atoms with Crippen LogP contribution in [0.2, 0.25) is 0 Å². The summed E-state index contributed by atoms with van der Waals surface area (Å²) in [5.41, 5.74) is 0.582. The molecule has 31 heavy (non-hydrogen) atoms. The standard InChI is InChI=1S/C23H30N2O6/c1-4-31-23(29)18-14(2)6-11-17-19(18)22(28)25(12-5-13-26)20(17)21(27)24-15-7-9-16(30-3)10-8-15/h6-11,14,17-20,26H,4-5,12-13H2,1-3H3,(H,24,27)/t14-,17+,18-,19-,20+/m1/s1. The Morgan fingerprint density at radius 1 is 1.19 bits per heavy atom. The normalized spacial score (nSPS) is 27.0. The number of rotatable bonds is 8. The number of nitrogens with one attached hydrogen (secondary N) is 1. The Hall–Kier alpha value is -2.87. The molecule has 0 bridgehead atoms. The van der Waals surface area contributed by atoms with E-state index in [1.54, 1.807) is 38.3 Å². The van der Waals surface area contributed by atoms with Crippen molar-refractivity contribution in [2.24, 2.45) is 23.7 Å². The molecule has 0 radical (unpaired) electrons. The molecule has 0 unspecified atom stereocenters. The number of nitrogens with zero attached hydrogens (tertiary/aromatic N) is 1. The summed E-state index contributed by atoms with van der Waals surface area (Å²) in [4.78, 5) is 40.8. The van der Waals surface area contributed by atoms with Gasteiger partial charge in [0.1, 0.15) is 11.8 Å². The number of aliphatic hydroxyl groups excluding tert-OH is 1. The third-order valence-corrected chi connectivity index (χ3v) is 6.02. The fourth-order valence-electron chi connectivity index (χ4n) is 4.56. The molecule has 8 nitrogen and oxygen atoms in total. The molecule has 3 rings (SSSR count). The van der Waals surface area contributed by atoms with Crippen LogP contribution in [0.5, 0.6) is 5.75 Å². The van der Waals surface area contributed by atoms with Gasteiger partial charge < -0.3 is 24.8 Å². The molecule has 1 aliphatic heterocycles. The van der Waals surface area contributed by atoms with E-state index in [0.717, 1.165) is 0 Å². The maximum atomic E-state index is 13.4. The fourth-order valence-corrected chi connectivity index (χ4v) is 4.56. The molecule has 8 heteroatoms. The average molecular weight is 431 g/mol. The van der Waals surface area contributed by atoms with Gasteiger partial charge in [-0.3, -0.25) is 14.4 Å². The molecule has 2 N–H and O–H groups in total. The molecule has 0 aromatic heterocycles. The predicted molar refractivity (Wildman–Crippen MR) is 114 cm³/mol. The van der Waals surface area contributed by atoms with Crippen molar-refractivity contribution in [3.8, 4) is 5.75 Å². The fraction of sp³-hybridized carbons (Fsp3) is 0.522. The number of benzene rings is 1. The van der Waals surface area contributed by atoms with E-state index in [1.165, 1.54) is 4.90 Å². The number of hydrogen-bond donors (Lipinski definition) is 2. The minimum Gasteiger partial charge on any atom is -0.497 e. The summed E-state index contributed by atoms with van der Waals surface area (Å²) in [6, 6.07) is 6.15. The largest absolute Gasteiger partial charge is 0.497 e. The first-order valence-electron chi connectivity index (χ1n) is 10.6. The molecule has 1 fully saturated rings. The van der Waals surface area contributed by atoms with Gasteiger partial charge in [-0.2, -0.15) is 0 Å². The summed E-state index contributed by atoms with van der Waals surface area (Å²) in [5.74, 6) is -2.25. The Labute approximate surface area is 182 Å². The molecular formula is C23H30N2O6. The van der Waals surface area contributed by atoms with Crippen LogP contribution in [0.15, 0.2) is 36.4 Å². The van der Waals surface area contributed by atoms with Gasteiger partial charge in [0, 0.05) is 24.8 Å². The van der Waals surface area contributed by atoms with Crippen LogP contribution in [0, 0.1) is 23.7 Å². The number of anilines is 1. The van der Waals surface area contributed by atoms with E-state index in [4.69, 9.17) is 9.47 Å². The van der Waals surface area contributed by atoms with Crippen molar-refractivity contribution < 1.29 is 29.0 Å². The predicted octanol–water partition coefficient (Wildman–Crippen LogP) is 1.84.